The Morgan fingerprint density at radius 3 is 2.44 bits per heavy atom. The lowest BCUT2D eigenvalue weighted by Crippen LogP contribution is -1.96. The van der Waals surface area contributed by atoms with Crippen LogP contribution < -0.4 is 10.1 Å². The number of aromatic hydroxyl groups is 2. The summed E-state index contributed by atoms with van der Waals surface area (Å²) in [5.41, 5.74) is 3.16. The van der Waals surface area contributed by atoms with E-state index in [1.165, 1.54) is 13.4 Å². The van der Waals surface area contributed by atoms with Crippen LogP contribution in [0.4, 0.5) is 11.5 Å². The van der Waals surface area contributed by atoms with Crippen LogP contribution in [0.25, 0.3) is 22.0 Å². The number of hydrogen-bond acceptors (Lipinski definition) is 6. The highest BCUT2D eigenvalue weighted by Crippen LogP contribution is 2.34. The molecule has 0 aliphatic rings. The van der Waals surface area contributed by atoms with Gasteiger partial charge in [-0.2, -0.15) is 0 Å². The van der Waals surface area contributed by atoms with Crippen molar-refractivity contribution in [3.63, 3.8) is 0 Å². The minimum Gasteiger partial charge on any atom is -0.506 e. The van der Waals surface area contributed by atoms with Gasteiger partial charge < -0.3 is 20.3 Å². The number of hydrogen-bond donors (Lipinski definition) is 3. The summed E-state index contributed by atoms with van der Waals surface area (Å²) in [6, 6.07) is 18.0. The first-order valence-corrected chi connectivity index (χ1v) is 8.33. The highest BCUT2D eigenvalue weighted by molar-refractivity contribution is 5.94. The molecule has 4 aromatic rings. The van der Waals surface area contributed by atoms with Crippen molar-refractivity contribution >= 4 is 22.4 Å². The SMILES string of the molecule is COc1cc(-c2ccc3ncnc(Nc4ccccc4O)c3c2)ccc1O. The zero-order valence-electron chi connectivity index (χ0n) is 14.5. The summed E-state index contributed by atoms with van der Waals surface area (Å²) in [6.45, 7) is 0. The molecule has 0 spiro atoms. The topological polar surface area (TPSA) is 87.5 Å². The molecule has 0 aliphatic carbocycles. The van der Waals surface area contributed by atoms with Gasteiger partial charge in [-0.05, 0) is 47.5 Å². The smallest absolute Gasteiger partial charge is 0.161 e. The number of anilines is 2. The number of fused-ring (bicyclic) bond motifs is 1. The van der Waals surface area contributed by atoms with Gasteiger partial charge in [-0.25, -0.2) is 9.97 Å². The van der Waals surface area contributed by atoms with Crippen LogP contribution >= 0.6 is 0 Å². The number of nitrogens with one attached hydrogen (secondary N) is 1. The fraction of sp³-hybridized carbons (Fsp3) is 0.0476. The predicted octanol–water partition coefficient (Wildman–Crippen LogP) is 4.46. The largest absolute Gasteiger partial charge is 0.506 e. The minimum absolute atomic E-state index is 0.0901. The van der Waals surface area contributed by atoms with Gasteiger partial charge in [0.2, 0.25) is 0 Å². The maximum atomic E-state index is 10.0. The van der Waals surface area contributed by atoms with Gasteiger partial charge in [-0.3, -0.25) is 0 Å². The summed E-state index contributed by atoms with van der Waals surface area (Å²) in [4.78, 5) is 8.64. The molecule has 0 atom stereocenters. The Balaban J connectivity index is 1.81. The molecule has 0 saturated carbocycles. The van der Waals surface area contributed by atoms with Crippen molar-refractivity contribution < 1.29 is 14.9 Å². The molecule has 4 rings (SSSR count). The van der Waals surface area contributed by atoms with Gasteiger partial charge in [0.1, 0.15) is 17.9 Å². The van der Waals surface area contributed by atoms with E-state index < -0.39 is 0 Å². The van der Waals surface area contributed by atoms with Gasteiger partial charge in [-0.15, -0.1) is 0 Å². The van der Waals surface area contributed by atoms with Gasteiger partial charge >= 0.3 is 0 Å². The molecule has 0 aliphatic heterocycles. The van der Waals surface area contributed by atoms with Crippen LogP contribution in [0.2, 0.25) is 0 Å². The van der Waals surface area contributed by atoms with Crippen molar-refractivity contribution in [3.05, 3.63) is 67.0 Å². The second-order valence-electron chi connectivity index (χ2n) is 5.98. The molecule has 0 fully saturated rings. The third-order valence-electron chi connectivity index (χ3n) is 4.31. The van der Waals surface area contributed by atoms with E-state index in [0.29, 0.717) is 17.3 Å². The van der Waals surface area contributed by atoms with Gasteiger partial charge in [0, 0.05) is 5.39 Å². The molecule has 3 N–H and O–H groups in total. The van der Waals surface area contributed by atoms with E-state index >= 15 is 0 Å². The summed E-state index contributed by atoms with van der Waals surface area (Å²) in [5.74, 6) is 1.23. The average molecular weight is 359 g/mol. The first-order valence-electron chi connectivity index (χ1n) is 8.33. The normalized spacial score (nSPS) is 10.7. The Kier molecular flexibility index (Phi) is 4.22. The standard InChI is InChI=1S/C21H17N3O3/c1-27-20-11-14(7-9-19(20)26)13-6-8-16-15(10-13)21(23-12-22-16)24-17-4-2-3-5-18(17)25/h2-12,25-26H,1H3,(H,22,23,24). The van der Waals surface area contributed by atoms with Crippen LogP contribution in [0.3, 0.4) is 0 Å². The van der Waals surface area contributed by atoms with Crippen LogP contribution in [0.15, 0.2) is 67.0 Å². The average Bonchev–Trinajstić information content (AvgIpc) is 2.70. The fourth-order valence-electron chi connectivity index (χ4n) is 2.90. The fourth-order valence-corrected chi connectivity index (χ4v) is 2.90. The first kappa shape index (κ1) is 16.7. The third-order valence-corrected chi connectivity index (χ3v) is 4.31. The van der Waals surface area contributed by atoms with Crippen LogP contribution in [-0.2, 0) is 0 Å². The van der Waals surface area contributed by atoms with Crippen molar-refractivity contribution in [2.75, 3.05) is 12.4 Å². The van der Waals surface area contributed by atoms with Gasteiger partial charge in [-0.1, -0.05) is 24.3 Å². The lowest BCUT2D eigenvalue weighted by atomic mass is 10.0. The number of phenolic OH excluding ortho intramolecular Hbond substituents is 2. The predicted molar refractivity (Wildman–Crippen MR) is 105 cm³/mol. The van der Waals surface area contributed by atoms with Crippen molar-refractivity contribution in [3.8, 4) is 28.4 Å². The molecule has 1 heterocycles. The number of aromatic nitrogens is 2. The minimum atomic E-state index is 0.0901. The zero-order valence-corrected chi connectivity index (χ0v) is 14.5. The van der Waals surface area contributed by atoms with Crippen LogP contribution in [0.5, 0.6) is 17.2 Å². The lowest BCUT2D eigenvalue weighted by Gasteiger charge is -2.11. The third kappa shape index (κ3) is 3.20. The molecule has 6 heteroatoms. The molecule has 0 unspecified atom stereocenters. The van der Waals surface area contributed by atoms with E-state index in [2.05, 4.69) is 15.3 Å². The first-order chi connectivity index (χ1) is 13.2. The molecule has 3 aromatic carbocycles. The number of phenols is 2. The summed E-state index contributed by atoms with van der Waals surface area (Å²) in [7, 11) is 1.52. The van der Waals surface area contributed by atoms with E-state index in [-0.39, 0.29) is 11.5 Å². The number of rotatable bonds is 4. The summed E-state index contributed by atoms with van der Waals surface area (Å²) < 4.78 is 5.20. The maximum Gasteiger partial charge on any atom is 0.161 e. The Morgan fingerprint density at radius 2 is 1.63 bits per heavy atom. The van der Waals surface area contributed by atoms with E-state index in [1.54, 1.807) is 30.3 Å². The second-order valence-corrected chi connectivity index (χ2v) is 5.98. The molecule has 0 saturated heterocycles. The molecule has 0 amide bonds. The molecule has 6 nitrogen and oxygen atoms in total. The molecule has 27 heavy (non-hydrogen) atoms. The van der Waals surface area contributed by atoms with Gasteiger partial charge in [0.15, 0.2) is 11.5 Å². The molecule has 1 aromatic heterocycles. The molecule has 134 valence electrons. The highest BCUT2D eigenvalue weighted by atomic mass is 16.5. The number of methoxy groups -OCH3 is 1. The van der Waals surface area contributed by atoms with Gasteiger partial charge in [0.25, 0.3) is 0 Å². The van der Waals surface area contributed by atoms with E-state index in [9.17, 15) is 10.2 Å². The Labute approximate surface area is 155 Å². The van der Waals surface area contributed by atoms with Crippen LogP contribution in [0, 0.1) is 0 Å². The van der Waals surface area contributed by atoms with Crippen molar-refractivity contribution in [1.29, 1.82) is 0 Å². The molecule has 0 bridgehead atoms. The van der Waals surface area contributed by atoms with Crippen LogP contribution in [-0.4, -0.2) is 27.3 Å². The molecular formula is C21H17N3O3. The zero-order chi connectivity index (χ0) is 18.8. The van der Waals surface area contributed by atoms with E-state index in [1.807, 2.05) is 30.3 Å². The van der Waals surface area contributed by atoms with Gasteiger partial charge in [0.05, 0.1) is 18.3 Å². The van der Waals surface area contributed by atoms with Crippen LogP contribution in [0.1, 0.15) is 0 Å². The lowest BCUT2D eigenvalue weighted by molar-refractivity contribution is 0.373. The summed E-state index contributed by atoms with van der Waals surface area (Å²) in [5, 5.41) is 23.8. The van der Waals surface area contributed by atoms with Crippen molar-refractivity contribution in [1.82, 2.24) is 9.97 Å². The second kappa shape index (κ2) is 6.84. The Bertz CT molecular complexity index is 1130. The quantitative estimate of drug-likeness (QED) is 0.466. The Hall–Kier alpha value is -3.80. The molecule has 0 radical (unpaired) electrons. The monoisotopic (exact) mass is 359 g/mol. The number of benzene rings is 3. The maximum absolute atomic E-state index is 10.0. The Morgan fingerprint density at radius 1 is 0.852 bits per heavy atom. The highest BCUT2D eigenvalue weighted by Gasteiger charge is 2.10. The number of ether oxygens (including phenoxy) is 1. The summed E-state index contributed by atoms with van der Waals surface area (Å²) >= 11 is 0. The number of para-hydroxylation sites is 2. The number of nitrogens with zero attached hydrogens (tertiary/aromatic N) is 2. The van der Waals surface area contributed by atoms with E-state index in [0.717, 1.165) is 22.0 Å². The summed E-state index contributed by atoms with van der Waals surface area (Å²) in [6.07, 6.45) is 1.48. The van der Waals surface area contributed by atoms with Crippen molar-refractivity contribution in [2.45, 2.75) is 0 Å². The van der Waals surface area contributed by atoms with Crippen molar-refractivity contribution in [2.24, 2.45) is 0 Å². The van der Waals surface area contributed by atoms with E-state index in [4.69, 9.17) is 4.74 Å². The molecular weight excluding hydrogens is 342 g/mol.